The summed E-state index contributed by atoms with van der Waals surface area (Å²) in [6.45, 7) is 7.59. The molecular formula is C35H46ClN3O7. The van der Waals surface area contributed by atoms with Crippen molar-refractivity contribution in [3.63, 3.8) is 0 Å². The maximum absolute atomic E-state index is 13.4. The summed E-state index contributed by atoms with van der Waals surface area (Å²) in [5.74, 6) is -2.94. The molecule has 0 saturated heterocycles. The highest BCUT2D eigenvalue weighted by atomic mass is 35.5. The normalized spacial score (nSPS) is 14.8. The maximum atomic E-state index is 13.4. The second-order valence-corrected chi connectivity index (χ2v) is 12.0. The molecule has 2 rings (SSSR count). The van der Waals surface area contributed by atoms with E-state index in [0.29, 0.717) is 22.8 Å². The van der Waals surface area contributed by atoms with E-state index in [9.17, 15) is 24.3 Å². The lowest BCUT2D eigenvalue weighted by molar-refractivity contribution is -0.155. The summed E-state index contributed by atoms with van der Waals surface area (Å²) in [5, 5.41) is 15.3. The second kappa shape index (κ2) is 19.4. The van der Waals surface area contributed by atoms with E-state index in [1.165, 1.54) is 19.3 Å². The van der Waals surface area contributed by atoms with Crippen LogP contribution in [0.4, 0.5) is 0 Å². The van der Waals surface area contributed by atoms with Crippen molar-refractivity contribution in [1.82, 2.24) is 10.6 Å². The van der Waals surface area contributed by atoms with E-state index in [2.05, 4.69) is 10.6 Å². The molecule has 0 fully saturated rings. The Morgan fingerprint density at radius 1 is 1.00 bits per heavy atom. The molecule has 0 aliphatic carbocycles. The van der Waals surface area contributed by atoms with Gasteiger partial charge >= 0.3 is 11.9 Å². The lowest BCUT2D eigenvalue weighted by atomic mass is 9.98. The molecule has 5 atom stereocenters. The molecule has 11 heteroatoms. The van der Waals surface area contributed by atoms with Crippen molar-refractivity contribution in [1.29, 1.82) is 0 Å². The van der Waals surface area contributed by atoms with Crippen molar-refractivity contribution in [3.05, 3.63) is 82.9 Å². The molecule has 250 valence electrons. The molecule has 5 N–H and O–H groups in total. The average molecular weight is 656 g/mol. The summed E-state index contributed by atoms with van der Waals surface area (Å²) < 4.78 is 11.1. The summed E-state index contributed by atoms with van der Waals surface area (Å²) in [5.41, 5.74) is 7.22. The highest BCUT2D eigenvalue weighted by Crippen LogP contribution is 2.25. The predicted octanol–water partition coefficient (Wildman–Crippen LogP) is 4.79. The van der Waals surface area contributed by atoms with E-state index in [4.69, 9.17) is 26.8 Å². The molecule has 0 saturated carbocycles. The fourth-order valence-electron chi connectivity index (χ4n) is 4.46. The third kappa shape index (κ3) is 13.1. The number of hydrogen-bond donors (Lipinski definition) is 4. The monoisotopic (exact) mass is 655 g/mol. The molecular weight excluding hydrogens is 610 g/mol. The molecule has 0 aliphatic rings. The predicted molar refractivity (Wildman–Crippen MR) is 179 cm³/mol. The molecule has 2 aromatic rings. The highest BCUT2D eigenvalue weighted by molar-refractivity contribution is 6.32. The third-order valence-corrected chi connectivity index (χ3v) is 7.56. The van der Waals surface area contributed by atoms with Crippen molar-refractivity contribution in [3.8, 4) is 5.75 Å². The summed E-state index contributed by atoms with van der Waals surface area (Å²) in [4.78, 5) is 50.6. The Labute approximate surface area is 276 Å². The van der Waals surface area contributed by atoms with Gasteiger partial charge in [0.2, 0.25) is 11.8 Å². The molecule has 0 spiro atoms. The van der Waals surface area contributed by atoms with Crippen molar-refractivity contribution in [2.24, 2.45) is 23.5 Å². The third-order valence-electron chi connectivity index (χ3n) is 7.26. The largest absolute Gasteiger partial charge is 0.495 e. The van der Waals surface area contributed by atoms with E-state index in [1.54, 1.807) is 25.1 Å². The molecule has 2 amide bonds. The average Bonchev–Trinajstić information content (AvgIpc) is 3.02. The van der Waals surface area contributed by atoms with Crippen molar-refractivity contribution in [2.45, 2.75) is 65.1 Å². The second-order valence-electron chi connectivity index (χ2n) is 11.6. The van der Waals surface area contributed by atoms with Crippen LogP contribution in [0, 0.1) is 17.8 Å². The molecule has 0 heterocycles. The first kappa shape index (κ1) is 38.0. The van der Waals surface area contributed by atoms with Gasteiger partial charge in [-0.25, -0.2) is 9.59 Å². The van der Waals surface area contributed by atoms with Gasteiger partial charge in [0, 0.05) is 31.2 Å². The van der Waals surface area contributed by atoms with Crippen molar-refractivity contribution < 1.29 is 33.8 Å². The Hall–Kier alpha value is -4.15. The van der Waals surface area contributed by atoms with Crippen molar-refractivity contribution in [2.75, 3.05) is 13.7 Å². The molecule has 0 aromatic heterocycles. The quantitative estimate of drug-likeness (QED) is 0.132. The number of benzene rings is 2. The fourth-order valence-corrected chi connectivity index (χ4v) is 4.74. The summed E-state index contributed by atoms with van der Waals surface area (Å²) >= 11 is 6.17. The van der Waals surface area contributed by atoms with Gasteiger partial charge in [-0.05, 0) is 41.7 Å². The first-order valence-corrected chi connectivity index (χ1v) is 15.7. The van der Waals surface area contributed by atoms with E-state index < -0.39 is 42.0 Å². The summed E-state index contributed by atoms with van der Waals surface area (Å²) in [6.07, 6.45) is 6.44. The lowest BCUT2D eigenvalue weighted by Gasteiger charge is -2.26. The van der Waals surface area contributed by atoms with Gasteiger partial charge in [0.15, 0.2) is 0 Å². The van der Waals surface area contributed by atoms with Crippen LogP contribution in [0.5, 0.6) is 5.75 Å². The van der Waals surface area contributed by atoms with E-state index in [1.807, 2.05) is 63.3 Å². The van der Waals surface area contributed by atoms with Gasteiger partial charge in [-0.3, -0.25) is 9.59 Å². The van der Waals surface area contributed by atoms with Crippen LogP contribution in [0.2, 0.25) is 5.02 Å². The summed E-state index contributed by atoms with van der Waals surface area (Å²) in [7, 11) is 1.48. The Balaban J connectivity index is 2.20. The number of ether oxygens (including phenoxy) is 2. The SMILES string of the molecule is COc1ccc(C[C@@H](NC(=O)/C=C/C[C@H](OC(=O)[C@H](CC(C)C)NC(=O)[C@H](C)CN)[C@H](C)/C=C/c2ccccc2)C(=O)O)cc1Cl. The van der Waals surface area contributed by atoms with Crippen LogP contribution in [-0.2, 0) is 30.3 Å². The van der Waals surface area contributed by atoms with E-state index in [0.717, 1.165) is 5.56 Å². The summed E-state index contributed by atoms with van der Waals surface area (Å²) in [6, 6.07) is 12.4. The smallest absolute Gasteiger partial charge is 0.328 e. The number of nitrogens with one attached hydrogen (secondary N) is 2. The van der Waals surface area contributed by atoms with Crippen LogP contribution in [-0.4, -0.2) is 60.7 Å². The van der Waals surface area contributed by atoms with Gasteiger partial charge in [0.25, 0.3) is 0 Å². The van der Waals surface area contributed by atoms with Crippen molar-refractivity contribution >= 4 is 41.4 Å². The Kier molecular flexibility index (Phi) is 16.0. The van der Waals surface area contributed by atoms with Crippen LogP contribution in [0.25, 0.3) is 6.08 Å². The van der Waals surface area contributed by atoms with Gasteiger partial charge in [0.1, 0.15) is 23.9 Å². The topological polar surface area (TPSA) is 157 Å². The first-order chi connectivity index (χ1) is 21.8. The van der Waals surface area contributed by atoms with Crippen LogP contribution < -0.4 is 21.1 Å². The Morgan fingerprint density at radius 2 is 1.70 bits per heavy atom. The van der Waals surface area contributed by atoms with Crippen LogP contribution in [0.15, 0.2) is 66.8 Å². The molecule has 0 aliphatic heterocycles. The fraction of sp³-hybridized carbons (Fsp3) is 0.429. The van der Waals surface area contributed by atoms with Gasteiger partial charge in [-0.2, -0.15) is 0 Å². The number of esters is 1. The minimum Gasteiger partial charge on any atom is -0.495 e. The number of aliphatic carboxylic acids is 1. The minimum absolute atomic E-state index is 0.00587. The van der Waals surface area contributed by atoms with Crippen LogP contribution >= 0.6 is 11.6 Å². The number of hydrogen-bond acceptors (Lipinski definition) is 7. The molecule has 0 bridgehead atoms. The molecule has 10 nitrogen and oxygen atoms in total. The van der Waals surface area contributed by atoms with Gasteiger partial charge in [-0.15, -0.1) is 0 Å². The van der Waals surface area contributed by atoms with E-state index in [-0.39, 0.29) is 37.1 Å². The molecule has 0 radical (unpaired) electrons. The Morgan fingerprint density at radius 3 is 2.28 bits per heavy atom. The number of rotatable bonds is 18. The molecule has 0 unspecified atom stereocenters. The number of carboxylic acid groups (broad SMARTS) is 1. The zero-order chi connectivity index (χ0) is 34.2. The molecule has 2 aromatic carbocycles. The van der Waals surface area contributed by atoms with Gasteiger partial charge < -0.3 is 30.9 Å². The minimum atomic E-state index is -1.21. The number of carboxylic acids is 1. The first-order valence-electron chi connectivity index (χ1n) is 15.3. The molecule has 46 heavy (non-hydrogen) atoms. The van der Waals surface area contributed by atoms with Crippen LogP contribution in [0.3, 0.4) is 0 Å². The zero-order valence-corrected chi connectivity index (χ0v) is 27.8. The van der Waals surface area contributed by atoms with Gasteiger partial charge in [0.05, 0.1) is 12.1 Å². The number of amides is 2. The zero-order valence-electron chi connectivity index (χ0n) is 27.1. The maximum Gasteiger partial charge on any atom is 0.328 e. The number of methoxy groups -OCH3 is 1. The van der Waals surface area contributed by atoms with E-state index >= 15 is 0 Å². The Bertz CT molecular complexity index is 1360. The number of carbonyl (C=O) groups is 4. The van der Waals surface area contributed by atoms with Crippen LogP contribution in [0.1, 0.15) is 51.7 Å². The lowest BCUT2D eigenvalue weighted by Crippen LogP contribution is -2.47. The highest BCUT2D eigenvalue weighted by Gasteiger charge is 2.29. The number of carbonyl (C=O) groups excluding carboxylic acids is 3. The number of nitrogens with two attached hydrogens (primary N) is 1. The number of halogens is 1. The standard InChI is InChI=1S/C35H46ClN3O7/c1-22(2)18-29(39-33(41)24(4)21-37)35(44)46-30(23(3)14-15-25-10-7-6-8-11-25)12-9-13-32(40)38-28(34(42)43)20-26-16-17-31(45-5)27(36)19-26/h6-11,13-17,19,22-24,28-30H,12,18,20-21,37H2,1-5H3,(H,38,40)(H,39,41)(H,42,43)/b13-9+,15-14+/t23-,24-,28-,29+,30+/m1/s1. The van der Waals surface area contributed by atoms with Gasteiger partial charge in [-0.1, -0.05) is 93.9 Å².